The highest BCUT2D eigenvalue weighted by Gasteiger charge is 2.59. The summed E-state index contributed by atoms with van der Waals surface area (Å²) in [6.07, 6.45) is -4.99. The van der Waals surface area contributed by atoms with Crippen molar-refractivity contribution in [2.75, 3.05) is 19.0 Å². The zero-order valence-electron chi connectivity index (χ0n) is 14.6. The molecule has 3 atom stereocenters. The van der Waals surface area contributed by atoms with Gasteiger partial charge in [-0.25, -0.2) is 4.79 Å². The number of ether oxygens (including phenoxy) is 2. The smallest absolute Gasteiger partial charge is 0.351 e. The van der Waals surface area contributed by atoms with Crippen molar-refractivity contribution in [3.63, 3.8) is 0 Å². The standard InChI is InChI=1S/C17H17F2N3O6/c1-27-10-4-2-9(3-5-10)14(25)20-12-6-7-22(16(26)21-12)15-17(18,19)13(24)11(8-23)28-15/h2-7,11,13,15,23-24H,8H2,1H3,(H,20,21,25,26)/t11-,13-,15-/m1/s1. The first-order valence-electron chi connectivity index (χ1n) is 8.14. The number of benzene rings is 1. The molecule has 0 radical (unpaired) electrons. The number of nitrogens with one attached hydrogen (secondary N) is 1. The molecule has 1 aliphatic heterocycles. The Hall–Kier alpha value is -2.89. The largest absolute Gasteiger partial charge is 0.497 e. The second kappa shape index (κ2) is 7.62. The van der Waals surface area contributed by atoms with Crippen molar-refractivity contribution in [1.29, 1.82) is 0 Å². The minimum Gasteiger partial charge on any atom is -0.497 e. The van der Waals surface area contributed by atoms with E-state index in [1.54, 1.807) is 12.1 Å². The summed E-state index contributed by atoms with van der Waals surface area (Å²) in [5, 5.41) is 20.9. The fourth-order valence-corrected chi connectivity index (χ4v) is 2.71. The van der Waals surface area contributed by atoms with Crippen LogP contribution in [-0.2, 0) is 4.74 Å². The Morgan fingerprint density at radius 2 is 2.04 bits per heavy atom. The molecule has 2 aromatic rings. The fraction of sp³-hybridized carbons (Fsp3) is 0.353. The molecule has 1 aromatic carbocycles. The van der Waals surface area contributed by atoms with Crippen molar-refractivity contribution >= 4 is 11.7 Å². The maximum atomic E-state index is 14.1. The van der Waals surface area contributed by atoms with Gasteiger partial charge in [-0.15, -0.1) is 0 Å². The van der Waals surface area contributed by atoms with Gasteiger partial charge in [0.15, 0.2) is 6.10 Å². The third-order valence-electron chi connectivity index (χ3n) is 4.24. The molecule has 28 heavy (non-hydrogen) atoms. The Kier molecular flexibility index (Phi) is 5.40. The number of amides is 1. The highest BCUT2D eigenvalue weighted by Crippen LogP contribution is 2.41. The Morgan fingerprint density at radius 1 is 1.36 bits per heavy atom. The second-order valence-electron chi connectivity index (χ2n) is 6.01. The van der Waals surface area contributed by atoms with Crippen LogP contribution in [0.25, 0.3) is 0 Å². The minimum atomic E-state index is -3.81. The number of aliphatic hydroxyl groups is 2. The molecule has 0 saturated carbocycles. The molecule has 1 aromatic heterocycles. The molecule has 3 rings (SSSR count). The van der Waals surface area contributed by atoms with Crippen LogP contribution in [0.5, 0.6) is 5.75 Å². The molecular formula is C17H17F2N3O6. The van der Waals surface area contributed by atoms with Gasteiger partial charge in [-0.1, -0.05) is 0 Å². The van der Waals surface area contributed by atoms with Crippen molar-refractivity contribution in [2.45, 2.75) is 24.4 Å². The lowest BCUT2D eigenvalue weighted by atomic mass is 10.1. The number of rotatable bonds is 5. The maximum Gasteiger partial charge on any atom is 0.351 e. The van der Waals surface area contributed by atoms with Crippen molar-refractivity contribution < 1.29 is 33.3 Å². The van der Waals surface area contributed by atoms with Crippen LogP contribution < -0.4 is 15.7 Å². The predicted molar refractivity (Wildman–Crippen MR) is 91.4 cm³/mol. The summed E-state index contributed by atoms with van der Waals surface area (Å²) in [4.78, 5) is 27.9. The van der Waals surface area contributed by atoms with Gasteiger partial charge < -0.3 is 25.0 Å². The van der Waals surface area contributed by atoms with E-state index < -0.39 is 42.6 Å². The molecule has 1 aliphatic rings. The Morgan fingerprint density at radius 3 is 2.57 bits per heavy atom. The van der Waals surface area contributed by atoms with Gasteiger partial charge >= 0.3 is 11.6 Å². The van der Waals surface area contributed by atoms with Crippen LogP contribution in [0.2, 0.25) is 0 Å². The monoisotopic (exact) mass is 397 g/mol. The molecule has 0 spiro atoms. The molecule has 9 nitrogen and oxygen atoms in total. The number of nitrogens with zero attached hydrogens (tertiary/aromatic N) is 2. The predicted octanol–water partition coefficient (Wildman–Crippen LogP) is 0.390. The van der Waals surface area contributed by atoms with Gasteiger partial charge in [0.05, 0.1) is 13.7 Å². The zero-order valence-corrected chi connectivity index (χ0v) is 14.6. The van der Waals surface area contributed by atoms with Gasteiger partial charge in [0.25, 0.3) is 5.91 Å². The molecule has 150 valence electrons. The van der Waals surface area contributed by atoms with E-state index in [0.717, 1.165) is 12.3 Å². The van der Waals surface area contributed by atoms with E-state index in [-0.39, 0.29) is 11.4 Å². The third-order valence-corrected chi connectivity index (χ3v) is 4.24. The van der Waals surface area contributed by atoms with Crippen LogP contribution >= 0.6 is 0 Å². The molecule has 1 fully saturated rings. The summed E-state index contributed by atoms with van der Waals surface area (Å²) in [7, 11) is 1.48. The van der Waals surface area contributed by atoms with Crippen molar-refractivity contribution in [2.24, 2.45) is 0 Å². The van der Waals surface area contributed by atoms with Gasteiger partial charge in [0.1, 0.15) is 17.7 Å². The van der Waals surface area contributed by atoms with Gasteiger partial charge in [-0.3, -0.25) is 9.36 Å². The highest BCUT2D eigenvalue weighted by molar-refractivity contribution is 6.03. The molecule has 1 amide bonds. The number of methoxy groups -OCH3 is 1. The average Bonchev–Trinajstić information content (AvgIpc) is 2.91. The first kappa shape index (κ1) is 19.9. The minimum absolute atomic E-state index is 0.150. The quantitative estimate of drug-likeness (QED) is 0.667. The topological polar surface area (TPSA) is 123 Å². The first-order valence-corrected chi connectivity index (χ1v) is 8.14. The summed E-state index contributed by atoms with van der Waals surface area (Å²) >= 11 is 0. The molecule has 11 heteroatoms. The number of halogens is 2. The molecule has 0 aliphatic carbocycles. The lowest BCUT2D eigenvalue weighted by Crippen LogP contribution is -2.41. The molecule has 2 heterocycles. The summed E-state index contributed by atoms with van der Waals surface area (Å²) in [5.41, 5.74) is -0.852. The Labute approximate surface area is 157 Å². The number of alkyl halides is 2. The first-order chi connectivity index (χ1) is 13.3. The van der Waals surface area contributed by atoms with Gasteiger partial charge in [0.2, 0.25) is 6.23 Å². The van der Waals surface area contributed by atoms with E-state index in [9.17, 15) is 23.5 Å². The molecule has 1 saturated heterocycles. The number of hydrogen-bond donors (Lipinski definition) is 3. The SMILES string of the molecule is COc1ccc(C(=O)Nc2ccn([C@@H]3O[C@H](CO)[C@@H](O)C3(F)F)c(=O)n2)cc1. The van der Waals surface area contributed by atoms with Crippen LogP contribution in [0.3, 0.4) is 0 Å². The van der Waals surface area contributed by atoms with E-state index in [4.69, 9.17) is 14.6 Å². The molecule has 0 bridgehead atoms. The van der Waals surface area contributed by atoms with Crippen LogP contribution in [-0.4, -0.2) is 57.5 Å². The number of anilines is 1. The molecule has 0 unspecified atom stereocenters. The van der Waals surface area contributed by atoms with Crippen molar-refractivity contribution in [3.05, 3.63) is 52.6 Å². The Bertz CT molecular complexity index is 918. The zero-order chi connectivity index (χ0) is 20.5. The number of carbonyl (C=O) groups excluding carboxylic acids is 1. The fourth-order valence-electron chi connectivity index (χ4n) is 2.71. The van der Waals surface area contributed by atoms with Crippen LogP contribution in [0.1, 0.15) is 16.6 Å². The normalized spacial score (nSPS) is 23.4. The van der Waals surface area contributed by atoms with Gasteiger partial charge in [-0.2, -0.15) is 13.8 Å². The van der Waals surface area contributed by atoms with Crippen molar-refractivity contribution in [1.82, 2.24) is 9.55 Å². The summed E-state index contributed by atoms with van der Waals surface area (Å²) in [6, 6.07) is 7.28. The highest BCUT2D eigenvalue weighted by atomic mass is 19.3. The maximum absolute atomic E-state index is 14.1. The van der Waals surface area contributed by atoms with Crippen molar-refractivity contribution in [3.8, 4) is 5.75 Å². The van der Waals surface area contributed by atoms with Gasteiger partial charge in [-0.05, 0) is 30.3 Å². The molecule has 3 N–H and O–H groups in total. The van der Waals surface area contributed by atoms with Crippen LogP contribution in [0.4, 0.5) is 14.6 Å². The third kappa shape index (κ3) is 3.59. The summed E-state index contributed by atoms with van der Waals surface area (Å²) in [5.74, 6) is -3.97. The number of aliphatic hydroxyl groups excluding tert-OH is 2. The number of carbonyl (C=O) groups is 1. The summed E-state index contributed by atoms with van der Waals surface area (Å²) in [6.45, 7) is -0.842. The van der Waals surface area contributed by atoms with Gasteiger partial charge in [0, 0.05) is 11.8 Å². The lowest BCUT2D eigenvalue weighted by Gasteiger charge is -2.21. The number of aromatic nitrogens is 2. The summed E-state index contributed by atoms with van der Waals surface area (Å²) < 4.78 is 38.7. The van der Waals surface area contributed by atoms with E-state index in [1.165, 1.54) is 19.2 Å². The van der Waals surface area contributed by atoms with E-state index >= 15 is 0 Å². The van der Waals surface area contributed by atoms with Crippen LogP contribution in [0, 0.1) is 0 Å². The second-order valence-corrected chi connectivity index (χ2v) is 6.01. The lowest BCUT2D eigenvalue weighted by molar-refractivity contribution is -0.140. The van der Waals surface area contributed by atoms with E-state index in [1.807, 2.05) is 0 Å². The number of hydrogen-bond acceptors (Lipinski definition) is 7. The molecular weight excluding hydrogens is 380 g/mol. The van der Waals surface area contributed by atoms with E-state index in [0.29, 0.717) is 10.3 Å². The van der Waals surface area contributed by atoms with Crippen LogP contribution in [0.15, 0.2) is 41.3 Å². The Balaban J connectivity index is 1.79. The van der Waals surface area contributed by atoms with E-state index in [2.05, 4.69) is 10.3 Å². The average molecular weight is 397 g/mol.